The molecule has 0 spiro atoms. The van der Waals surface area contributed by atoms with Gasteiger partial charge in [0.05, 0.1) is 36.5 Å². The van der Waals surface area contributed by atoms with Gasteiger partial charge in [0.15, 0.2) is 5.82 Å². The molecule has 0 fully saturated rings. The third-order valence-electron chi connectivity index (χ3n) is 2.51. The van der Waals surface area contributed by atoms with E-state index in [2.05, 4.69) is 5.32 Å². The van der Waals surface area contributed by atoms with Crippen molar-refractivity contribution in [2.24, 2.45) is 0 Å². The van der Waals surface area contributed by atoms with Crippen LogP contribution < -0.4 is 5.32 Å². The number of nitrogens with one attached hydrogen (secondary N) is 1. The van der Waals surface area contributed by atoms with Crippen molar-refractivity contribution in [2.75, 3.05) is 38.8 Å². The van der Waals surface area contributed by atoms with Crippen molar-refractivity contribution in [3.05, 3.63) is 33.6 Å². The maximum Gasteiger partial charge on any atom is 0.342 e. The highest BCUT2D eigenvalue weighted by atomic mass is 19.1. The molecule has 0 unspecified atom stereocenters. The molecule has 0 aliphatic rings. The zero-order valence-corrected chi connectivity index (χ0v) is 11.3. The van der Waals surface area contributed by atoms with Gasteiger partial charge >= 0.3 is 5.97 Å². The highest BCUT2D eigenvalue weighted by Gasteiger charge is 2.23. The van der Waals surface area contributed by atoms with E-state index in [1.54, 1.807) is 0 Å². The number of ether oxygens (including phenoxy) is 2. The molecule has 21 heavy (non-hydrogen) atoms. The Balaban J connectivity index is 2.72. The van der Waals surface area contributed by atoms with Crippen molar-refractivity contribution in [2.45, 2.75) is 0 Å². The number of nitro benzene ring substituents is 1. The standard InChI is InChI=1S/C12H15FN2O6/c1-20-4-5-21-3-2-14-10-6-8(12(16)17)11(15(18)19)7-9(10)13/h6-7,14H,2-5H2,1H3,(H,16,17). The molecule has 0 amide bonds. The van der Waals surface area contributed by atoms with E-state index in [0.29, 0.717) is 19.3 Å². The van der Waals surface area contributed by atoms with Gasteiger partial charge in [-0.05, 0) is 6.07 Å². The number of hydrogen-bond acceptors (Lipinski definition) is 6. The van der Waals surface area contributed by atoms with Crippen LogP contribution in [0.25, 0.3) is 0 Å². The average molecular weight is 302 g/mol. The fourth-order valence-corrected chi connectivity index (χ4v) is 1.52. The number of methoxy groups -OCH3 is 1. The van der Waals surface area contributed by atoms with Crippen molar-refractivity contribution in [1.29, 1.82) is 0 Å². The van der Waals surface area contributed by atoms with Crippen molar-refractivity contribution in [3.8, 4) is 0 Å². The highest BCUT2D eigenvalue weighted by Crippen LogP contribution is 2.26. The molecule has 0 aliphatic heterocycles. The number of rotatable bonds is 9. The minimum Gasteiger partial charge on any atom is -0.477 e. The van der Waals surface area contributed by atoms with Crippen LogP contribution in [0.5, 0.6) is 0 Å². The Hall–Kier alpha value is -2.26. The molecule has 0 heterocycles. The molecule has 0 saturated carbocycles. The molecule has 0 aliphatic carbocycles. The van der Waals surface area contributed by atoms with E-state index < -0.39 is 28.0 Å². The Bertz CT molecular complexity index is 523. The van der Waals surface area contributed by atoms with Crippen LogP contribution >= 0.6 is 0 Å². The summed E-state index contributed by atoms with van der Waals surface area (Å²) in [5.41, 5.74) is -1.50. The number of aromatic carboxylic acids is 1. The van der Waals surface area contributed by atoms with Gasteiger partial charge in [-0.1, -0.05) is 0 Å². The monoisotopic (exact) mass is 302 g/mol. The zero-order valence-electron chi connectivity index (χ0n) is 11.3. The number of nitrogens with zero attached hydrogens (tertiary/aromatic N) is 1. The fourth-order valence-electron chi connectivity index (χ4n) is 1.52. The van der Waals surface area contributed by atoms with Gasteiger partial charge in [0.25, 0.3) is 5.69 Å². The smallest absolute Gasteiger partial charge is 0.342 e. The molecule has 0 saturated heterocycles. The summed E-state index contributed by atoms with van der Waals surface area (Å²) in [7, 11) is 1.53. The molecule has 2 N–H and O–H groups in total. The van der Waals surface area contributed by atoms with Crippen LogP contribution in [0.3, 0.4) is 0 Å². The van der Waals surface area contributed by atoms with Crippen molar-refractivity contribution in [3.63, 3.8) is 0 Å². The number of hydrogen-bond donors (Lipinski definition) is 2. The lowest BCUT2D eigenvalue weighted by atomic mass is 10.1. The number of nitro groups is 1. The molecule has 1 rings (SSSR count). The second-order valence-electron chi connectivity index (χ2n) is 3.94. The Labute approximate surface area is 119 Å². The molecule has 0 atom stereocenters. The first kappa shape index (κ1) is 16.8. The van der Waals surface area contributed by atoms with E-state index in [1.807, 2.05) is 0 Å². The highest BCUT2D eigenvalue weighted by molar-refractivity contribution is 5.93. The van der Waals surface area contributed by atoms with Gasteiger partial charge in [-0.3, -0.25) is 10.1 Å². The van der Waals surface area contributed by atoms with E-state index in [0.717, 1.165) is 6.07 Å². The third kappa shape index (κ3) is 4.97. The molecular weight excluding hydrogens is 287 g/mol. The number of benzene rings is 1. The Morgan fingerprint density at radius 1 is 1.43 bits per heavy atom. The lowest BCUT2D eigenvalue weighted by Gasteiger charge is -2.09. The number of carbonyl (C=O) groups is 1. The number of anilines is 1. The van der Waals surface area contributed by atoms with Crippen LogP contribution in [0.4, 0.5) is 15.8 Å². The lowest BCUT2D eigenvalue weighted by Crippen LogP contribution is -2.13. The third-order valence-corrected chi connectivity index (χ3v) is 2.51. The van der Waals surface area contributed by atoms with Crippen molar-refractivity contribution < 1.29 is 28.7 Å². The first-order valence-electron chi connectivity index (χ1n) is 5.99. The van der Waals surface area contributed by atoms with Gasteiger partial charge in [-0.2, -0.15) is 0 Å². The summed E-state index contributed by atoms with van der Waals surface area (Å²) < 4.78 is 23.6. The SMILES string of the molecule is COCCOCCNc1cc(C(=O)O)c([N+](=O)[O-])cc1F. The number of carboxylic acids is 1. The molecule has 1 aromatic rings. The summed E-state index contributed by atoms with van der Waals surface area (Å²) in [6, 6.07) is 1.47. The largest absolute Gasteiger partial charge is 0.477 e. The Kier molecular flexibility index (Phi) is 6.50. The van der Waals surface area contributed by atoms with Gasteiger partial charge in [-0.15, -0.1) is 0 Å². The Morgan fingerprint density at radius 2 is 2.14 bits per heavy atom. The van der Waals surface area contributed by atoms with Gasteiger partial charge in [0.1, 0.15) is 5.56 Å². The second kappa shape index (κ2) is 8.12. The summed E-state index contributed by atoms with van der Waals surface area (Å²) in [6.45, 7) is 1.27. The van der Waals surface area contributed by atoms with E-state index in [9.17, 15) is 19.3 Å². The quantitative estimate of drug-likeness (QED) is 0.404. The predicted molar refractivity (Wildman–Crippen MR) is 71.2 cm³/mol. The van der Waals surface area contributed by atoms with E-state index in [-0.39, 0.29) is 18.8 Å². The maximum atomic E-state index is 13.7. The molecule has 116 valence electrons. The van der Waals surface area contributed by atoms with Crippen molar-refractivity contribution >= 4 is 17.3 Å². The minimum atomic E-state index is -1.50. The summed E-state index contributed by atoms with van der Waals surface area (Å²) in [6.07, 6.45) is 0. The molecule has 8 nitrogen and oxygen atoms in total. The summed E-state index contributed by atoms with van der Waals surface area (Å²) >= 11 is 0. The van der Waals surface area contributed by atoms with Crippen LogP contribution in [0.2, 0.25) is 0 Å². The van der Waals surface area contributed by atoms with Crippen LogP contribution in [-0.4, -0.2) is 49.5 Å². The van der Waals surface area contributed by atoms with Gasteiger partial charge in [-0.25, -0.2) is 9.18 Å². The number of carboxylic acid groups (broad SMARTS) is 1. The van der Waals surface area contributed by atoms with E-state index in [4.69, 9.17) is 14.6 Å². The van der Waals surface area contributed by atoms with E-state index in [1.165, 1.54) is 7.11 Å². The van der Waals surface area contributed by atoms with Crippen molar-refractivity contribution in [1.82, 2.24) is 0 Å². The van der Waals surface area contributed by atoms with Crippen LogP contribution in [0, 0.1) is 15.9 Å². The molecule has 9 heteroatoms. The van der Waals surface area contributed by atoms with Gasteiger partial charge in [0.2, 0.25) is 0 Å². The minimum absolute atomic E-state index is 0.131. The second-order valence-corrected chi connectivity index (χ2v) is 3.94. The first-order valence-corrected chi connectivity index (χ1v) is 5.99. The summed E-state index contributed by atoms with van der Waals surface area (Å²) in [4.78, 5) is 20.7. The molecule has 1 aromatic carbocycles. The normalized spacial score (nSPS) is 10.4. The molecular formula is C12H15FN2O6. The first-order chi connectivity index (χ1) is 9.97. The average Bonchev–Trinajstić information content (AvgIpc) is 2.43. The number of halogens is 1. The molecule has 0 bridgehead atoms. The summed E-state index contributed by atoms with van der Waals surface area (Å²) in [5.74, 6) is -2.40. The molecule has 0 aromatic heterocycles. The summed E-state index contributed by atoms with van der Waals surface area (Å²) in [5, 5.41) is 22.2. The van der Waals surface area contributed by atoms with Crippen LogP contribution in [-0.2, 0) is 9.47 Å². The van der Waals surface area contributed by atoms with Crippen LogP contribution in [0.1, 0.15) is 10.4 Å². The lowest BCUT2D eigenvalue weighted by molar-refractivity contribution is -0.385. The zero-order chi connectivity index (χ0) is 15.8. The Morgan fingerprint density at radius 3 is 2.71 bits per heavy atom. The fraction of sp³-hybridized carbons (Fsp3) is 0.417. The topological polar surface area (TPSA) is 111 Å². The molecule has 0 radical (unpaired) electrons. The van der Waals surface area contributed by atoms with Gasteiger partial charge in [0, 0.05) is 13.7 Å². The van der Waals surface area contributed by atoms with E-state index >= 15 is 0 Å². The maximum absolute atomic E-state index is 13.7. The van der Waals surface area contributed by atoms with Gasteiger partial charge < -0.3 is 19.9 Å². The van der Waals surface area contributed by atoms with Crippen LogP contribution in [0.15, 0.2) is 12.1 Å². The predicted octanol–water partition coefficient (Wildman–Crippen LogP) is 1.51.